The molecule has 4 N–H and O–H groups in total. The molecule has 0 aliphatic heterocycles. The van der Waals surface area contributed by atoms with Gasteiger partial charge >= 0.3 is 18.2 Å². The highest BCUT2D eigenvalue weighted by Crippen LogP contribution is 1.68. The highest BCUT2D eigenvalue weighted by Gasteiger charge is 2.04. The van der Waals surface area contributed by atoms with Crippen LogP contribution >= 0.6 is 0 Å². The van der Waals surface area contributed by atoms with Crippen LogP contribution in [-0.4, -0.2) is 32.4 Å². The minimum Gasteiger partial charge on any atom is -0.452 e. The summed E-state index contributed by atoms with van der Waals surface area (Å²) >= 11 is 0. The van der Waals surface area contributed by atoms with Crippen LogP contribution in [0.15, 0.2) is 0 Å². The molecule has 4 amide bonds. The van der Waals surface area contributed by atoms with E-state index in [0.29, 0.717) is 0 Å². The van der Waals surface area contributed by atoms with E-state index < -0.39 is 18.2 Å². The van der Waals surface area contributed by atoms with Crippen molar-refractivity contribution in [1.82, 2.24) is 21.7 Å². The molecule has 0 aromatic carbocycles. The molecule has 0 saturated carbocycles. The zero-order valence-corrected chi connectivity index (χ0v) is 7.54. The quantitative estimate of drug-likeness (QED) is 0.372. The molecule has 0 heterocycles. The van der Waals surface area contributed by atoms with Crippen molar-refractivity contribution >= 4 is 18.2 Å². The van der Waals surface area contributed by atoms with Gasteiger partial charge in [-0.2, -0.15) is 0 Å². The highest BCUT2D eigenvalue weighted by atomic mass is 16.5. The second-order valence-corrected chi connectivity index (χ2v) is 1.81. The maximum atomic E-state index is 10.7. The third-order valence-electron chi connectivity index (χ3n) is 0.927. The van der Waals surface area contributed by atoms with Crippen molar-refractivity contribution in [3.05, 3.63) is 0 Å². The summed E-state index contributed by atoms with van der Waals surface area (Å²) in [6, 6.07) is -0.860. The molecule has 0 aliphatic rings. The summed E-state index contributed by atoms with van der Waals surface area (Å²) in [6.45, 7) is 0. The van der Waals surface area contributed by atoms with E-state index in [2.05, 4.69) is 9.47 Å². The van der Waals surface area contributed by atoms with Crippen molar-refractivity contribution < 1.29 is 23.9 Å². The minimum atomic E-state index is -0.860. The Hall–Kier alpha value is -2.19. The summed E-state index contributed by atoms with van der Waals surface area (Å²) in [6.07, 6.45) is -1.70. The fraction of sp³-hybridized carbons (Fsp3) is 0.400. The molecule has 0 aliphatic carbocycles. The molecule has 0 spiro atoms. The molecule has 0 saturated heterocycles. The second-order valence-electron chi connectivity index (χ2n) is 1.81. The summed E-state index contributed by atoms with van der Waals surface area (Å²) in [7, 11) is 2.25. The van der Waals surface area contributed by atoms with Gasteiger partial charge in [-0.1, -0.05) is 0 Å². The van der Waals surface area contributed by atoms with E-state index in [1.165, 1.54) is 0 Å². The van der Waals surface area contributed by atoms with Gasteiger partial charge in [0.1, 0.15) is 0 Å². The first-order valence-electron chi connectivity index (χ1n) is 3.34. The van der Waals surface area contributed by atoms with Crippen LogP contribution in [0.2, 0.25) is 0 Å². The van der Waals surface area contributed by atoms with Crippen molar-refractivity contribution in [2.75, 3.05) is 14.2 Å². The van der Waals surface area contributed by atoms with Crippen LogP contribution in [-0.2, 0) is 9.47 Å². The molecule has 0 aromatic rings. The summed E-state index contributed by atoms with van der Waals surface area (Å²) in [4.78, 5) is 31.6. The Labute approximate surface area is 79.1 Å². The number of hydrogen-bond acceptors (Lipinski definition) is 5. The van der Waals surface area contributed by atoms with Crippen LogP contribution in [0, 0.1) is 0 Å². The number of carbonyl (C=O) groups excluding carboxylic acids is 3. The number of ether oxygens (including phenoxy) is 2. The van der Waals surface area contributed by atoms with Gasteiger partial charge < -0.3 is 9.47 Å². The first-order chi connectivity index (χ1) is 6.60. The average Bonchev–Trinajstić information content (AvgIpc) is 2.22. The first-order valence-corrected chi connectivity index (χ1v) is 3.34. The molecule has 0 fully saturated rings. The maximum absolute atomic E-state index is 10.7. The number of urea groups is 1. The molecular formula is C5H10N4O5. The molecule has 0 atom stereocenters. The van der Waals surface area contributed by atoms with Crippen molar-refractivity contribution in [1.29, 1.82) is 0 Å². The van der Waals surface area contributed by atoms with E-state index in [1.807, 2.05) is 21.7 Å². The number of rotatable bonds is 0. The molecule has 0 rings (SSSR count). The van der Waals surface area contributed by atoms with Crippen molar-refractivity contribution in [2.45, 2.75) is 0 Å². The molecule has 9 nitrogen and oxygen atoms in total. The molecule has 14 heavy (non-hydrogen) atoms. The molecular weight excluding hydrogens is 196 g/mol. The van der Waals surface area contributed by atoms with E-state index in [1.54, 1.807) is 0 Å². The van der Waals surface area contributed by atoms with Gasteiger partial charge in [0.25, 0.3) is 0 Å². The van der Waals surface area contributed by atoms with Crippen LogP contribution in [0.1, 0.15) is 0 Å². The van der Waals surface area contributed by atoms with Crippen molar-refractivity contribution in [3.8, 4) is 0 Å². The summed E-state index contributed by atoms with van der Waals surface area (Å²) in [5.41, 5.74) is 7.45. The van der Waals surface area contributed by atoms with Gasteiger partial charge in [0.15, 0.2) is 0 Å². The minimum absolute atomic E-state index is 0.849. The summed E-state index contributed by atoms with van der Waals surface area (Å²) in [5, 5.41) is 0. The van der Waals surface area contributed by atoms with E-state index in [0.717, 1.165) is 14.2 Å². The Bertz CT molecular complexity index is 208. The lowest BCUT2D eigenvalue weighted by molar-refractivity contribution is 0.160. The van der Waals surface area contributed by atoms with Crippen LogP contribution in [0.25, 0.3) is 0 Å². The molecule has 80 valence electrons. The van der Waals surface area contributed by atoms with Crippen molar-refractivity contribution in [2.24, 2.45) is 0 Å². The number of carbonyl (C=O) groups is 3. The molecule has 0 aromatic heterocycles. The van der Waals surface area contributed by atoms with Gasteiger partial charge in [-0.25, -0.2) is 36.1 Å². The molecule has 0 unspecified atom stereocenters. The summed E-state index contributed by atoms with van der Waals surface area (Å²) < 4.78 is 8.29. The van der Waals surface area contributed by atoms with Crippen molar-refractivity contribution in [3.63, 3.8) is 0 Å². The average molecular weight is 206 g/mol. The Morgan fingerprint density at radius 3 is 1.43 bits per heavy atom. The number of hydrazine groups is 2. The topological polar surface area (TPSA) is 118 Å². The Morgan fingerprint density at radius 1 is 0.786 bits per heavy atom. The van der Waals surface area contributed by atoms with Crippen LogP contribution in [0.4, 0.5) is 14.4 Å². The van der Waals surface area contributed by atoms with Gasteiger partial charge in [-0.15, -0.1) is 0 Å². The Kier molecular flexibility index (Phi) is 5.35. The lowest BCUT2D eigenvalue weighted by Gasteiger charge is -2.07. The van der Waals surface area contributed by atoms with E-state index in [-0.39, 0.29) is 0 Å². The molecule has 0 bridgehead atoms. The van der Waals surface area contributed by atoms with E-state index in [9.17, 15) is 14.4 Å². The fourth-order valence-electron chi connectivity index (χ4n) is 0.349. The summed E-state index contributed by atoms with van der Waals surface area (Å²) in [5.74, 6) is 0. The third kappa shape index (κ3) is 5.46. The van der Waals surface area contributed by atoms with Gasteiger partial charge in [0.05, 0.1) is 14.2 Å². The second kappa shape index (κ2) is 6.34. The largest absolute Gasteiger partial charge is 0.452 e. The number of hydrogen-bond donors (Lipinski definition) is 4. The molecule has 9 heteroatoms. The number of methoxy groups -OCH3 is 2. The lowest BCUT2D eigenvalue weighted by Crippen LogP contribution is -2.52. The van der Waals surface area contributed by atoms with E-state index in [4.69, 9.17) is 0 Å². The number of amides is 4. The lowest BCUT2D eigenvalue weighted by atomic mass is 11.0. The van der Waals surface area contributed by atoms with Crippen LogP contribution in [0.3, 0.4) is 0 Å². The van der Waals surface area contributed by atoms with Gasteiger partial charge in [0.2, 0.25) is 0 Å². The van der Waals surface area contributed by atoms with Crippen LogP contribution < -0.4 is 21.7 Å². The monoisotopic (exact) mass is 206 g/mol. The number of nitrogens with one attached hydrogen (secondary N) is 4. The Balaban J connectivity index is 3.56. The predicted octanol–water partition coefficient (Wildman–Crippen LogP) is -1.17. The van der Waals surface area contributed by atoms with Gasteiger partial charge in [-0.3, -0.25) is 0 Å². The SMILES string of the molecule is COC(=O)NNC(=O)NNC(=O)OC. The standard InChI is InChI=1S/C5H10N4O5/c1-13-4(11)8-6-3(10)7-9-5(12)14-2/h1-2H3,(H,8,11)(H,9,12)(H2,6,7,10). The normalized spacial score (nSPS) is 8.14. The Morgan fingerprint density at radius 2 is 1.14 bits per heavy atom. The van der Waals surface area contributed by atoms with Gasteiger partial charge in [0, 0.05) is 0 Å². The predicted molar refractivity (Wildman–Crippen MR) is 42.7 cm³/mol. The van der Waals surface area contributed by atoms with Crippen LogP contribution in [0.5, 0.6) is 0 Å². The zero-order valence-electron chi connectivity index (χ0n) is 7.54. The fourth-order valence-corrected chi connectivity index (χ4v) is 0.349. The molecule has 0 radical (unpaired) electrons. The van der Waals surface area contributed by atoms with E-state index >= 15 is 0 Å². The van der Waals surface area contributed by atoms with Gasteiger partial charge in [-0.05, 0) is 0 Å². The smallest absolute Gasteiger partial charge is 0.425 e. The maximum Gasteiger partial charge on any atom is 0.425 e. The third-order valence-corrected chi connectivity index (χ3v) is 0.927. The highest BCUT2D eigenvalue weighted by molar-refractivity contribution is 5.79. The zero-order chi connectivity index (χ0) is 11.0. The first kappa shape index (κ1) is 11.8.